The first kappa shape index (κ1) is 11.1. The molecule has 1 atom stereocenters. The number of hydrogen-bond donors (Lipinski definition) is 0. The van der Waals surface area contributed by atoms with Crippen LogP contribution in [-0.4, -0.2) is 53.9 Å². The Morgan fingerprint density at radius 1 is 1.67 bits per heavy atom. The van der Waals surface area contributed by atoms with Crippen LogP contribution in [0.1, 0.15) is 13.3 Å². The minimum absolute atomic E-state index is 0.0220. The Bertz CT molecular complexity index is 279. The van der Waals surface area contributed by atoms with E-state index >= 15 is 0 Å². The molecule has 15 heavy (non-hydrogen) atoms. The third kappa shape index (κ3) is 2.80. The number of aliphatic imine (C=N–C) groups is 1. The van der Waals surface area contributed by atoms with Gasteiger partial charge in [-0.3, -0.25) is 9.69 Å². The normalized spacial score (nSPS) is 28.2. The van der Waals surface area contributed by atoms with E-state index in [2.05, 4.69) is 16.8 Å². The number of nitrogens with zero attached hydrogens (tertiary/aromatic N) is 2. The van der Waals surface area contributed by atoms with Crippen molar-refractivity contribution in [2.45, 2.75) is 19.4 Å². The Morgan fingerprint density at radius 2 is 2.53 bits per heavy atom. The molecule has 0 saturated carbocycles. The summed E-state index contributed by atoms with van der Waals surface area (Å²) in [6, 6.07) is 0. The molecule has 84 valence electrons. The summed E-state index contributed by atoms with van der Waals surface area (Å²) >= 11 is 1.53. The summed E-state index contributed by atoms with van der Waals surface area (Å²) in [6.45, 7) is 5.91. The second-order valence-corrected chi connectivity index (χ2v) is 4.79. The number of thioether (sulfide) groups is 1. The lowest BCUT2D eigenvalue weighted by Crippen LogP contribution is -2.45. The van der Waals surface area contributed by atoms with Gasteiger partial charge in [0.25, 0.3) is 5.91 Å². The van der Waals surface area contributed by atoms with Crippen LogP contribution in [0.3, 0.4) is 0 Å². The fourth-order valence-electron chi connectivity index (χ4n) is 1.86. The molecule has 2 aliphatic rings. The van der Waals surface area contributed by atoms with E-state index in [9.17, 15) is 4.79 Å². The molecule has 0 aromatic carbocycles. The van der Waals surface area contributed by atoms with E-state index in [0.717, 1.165) is 37.7 Å². The van der Waals surface area contributed by atoms with E-state index in [1.807, 2.05) is 0 Å². The molecule has 1 amide bonds. The molecular formula is C10H16N2O2S. The Hall–Kier alpha value is -0.390. The van der Waals surface area contributed by atoms with Gasteiger partial charge in [0, 0.05) is 13.1 Å². The predicted molar refractivity (Wildman–Crippen MR) is 61.4 cm³/mol. The fraction of sp³-hybridized carbons (Fsp3) is 0.800. The molecule has 0 aromatic rings. The molecule has 1 saturated heterocycles. The van der Waals surface area contributed by atoms with Gasteiger partial charge in [0.15, 0.2) is 0 Å². The van der Waals surface area contributed by atoms with E-state index in [4.69, 9.17) is 4.74 Å². The average Bonchev–Trinajstić information content (AvgIpc) is 2.66. The van der Waals surface area contributed by atoms with E-state index in [1.165, 1.54) is 11.8 Å². The van der Waals surface area contributed by atoms with Crippen molar-refractivity contribution in [3.05, 3.63) is 0 Å². The lowest BCUT2D eigenvalue weighted by atomic mass is 10.2. The maximum Gasteiger partial charge on any atom is 0.256 e. The monoisotopic (exact) mass is 228 g/mol. The quantitative estimate of drug-likeness (QED) is 0.715. The molecule has 0 aliphatic carbocycles. The van der Waals surface area contributed by atoms with Crippen LogP contribution in [0.15, 0.2) is 4.99 Å². The van der Waals surface area contributed by atoms with E-state index in [1.54, 1.807) is 0 Å². The van der Waals surface area contributed by atoms with E-state index in [0.29, 0.717) is 5.75 Å². The van der Waals surface area contributed by atoms with Crippen LogP contribution < -0.4 is 0 Å². The van der Waals surface area contributed by atoms with Crippen molar-refractivity contribution in [1.82, 2.24) is 4.90 Å². The summed E-state index contributed by atoms with van der Waals surface area (Å²) in [6.07, 6.45) is 1.19. The van der Waals surface area contributed by atoms with Crippen LogP contribution in [0.5, 0.6) is 0 Å². The minimum Gasteiger partial charge on any atom is -0.369 e. The molecule has 0 spiro atoms. The fourth-order valence-corrected chi connectivity index (χ4v) is 2.69. The zero-order valence-corrected chi connectivity index (χ0v) is 9.76. The largest absolute Gasteiger partial charge is 0.369 e. The smallest absolute Gasteiger partial charge is 0.256 e. The highest BCUT2D eigenvalue weighted by Crippen LogP contribution is 2.20. The third-order valence-electron chi connectivity index (χ3n) is 2.54. The molecular weight excluding hydrogens is 212 g/mol. The molecule has 0 radical (unpaired) electrons. The molecule has 0 bridgehead atoms. The zero-order valence-electron chi connectivity index (χ0n) is 8.94. The van der Waals surface area contributed by atoms with Crippen LogP contribution in [0.25, 0.3) is 0 Å². The van der Waals surface area contributed by atoms with Crippen LogP contribution in [0, 0.1) is 0 Å². The van der Waals surface area contributed by atoms with Gasteiger partial charge in [-0.15, -0.1) is 0 Å². The molecule has 0 aromatic heterocycles. The van der Waals surface area contributed by atoms with Crippen molar-refractivity contribution >= 4 is 22.7 Å². The van der Waals surface area contributed by atoms with Gasteiger partial charge < -0.3 is 4.74 Å². The average molecular weight is 228 g/mol. The summed E-state index contributed by atoms with van der Waals surface area (Å²) in [4.78, 5) is 17.4. The van der Waals surface area contributed by atoms with Crippen molar-refractivity contribution in [3.63, 3.8) is 0 Å². The maximum atomic E-state index is 11.0. The molecule has 0 N–H and O–H groups in total. The number of hydrogen-bond acceptors (Lipinski definition) is 4. The Morgan fingerprint density at radius 3 is 3.20 bits per heavy atom. The topological polar surface area (TPSA) is 41.9 Å². The predicted octanol–water partition coefficient (Wildman–Crippen LogP) is 0.769. The second-order valence-electron chi connectivity index (χ2n) is 3.79. The molecule has 5 heteroatoms. The number of ether oxygens (including phenoxy) is 1. The summed E-state index contributed by atoms with van der Waals surface area (Å²) in [5.41, 5.74) is 0. The lowest BCUT2D eigenvalue weighted by Gasteiger charge is -2.32. The van der Waals surface area contributed by atoms with E-state index < -0.39 is 0 Å². The second kappa shape index (κ2) is 5.09. The maximum absolute atomic E-state index is 11.0. The first-order valence-electron chi connectivity index (χ1n) is 5.37. The van der Waals surface area contributed by atoms with Gasteiger partial charge in [-0.25, -0.2) is 4.99 Å². The SMILES string of the molecule is CCCN1CCOC(C2=NC(=O)CS2)C1. The third-order valence-corrected chi connectivity index (χ3v) is 3.59. The number of rotatable bonds is 3. The number of carbonyl (C=O) groups excluding carboxylic acids is 1. The molecule has 2 rings (SSSR count). The molecule has 2 aliphatic heterocycles. The molecule has 1 fully saturated rings. The Kier molecular flexibility index (Phi) is 3.77. The van der Waals surface area contributed by atoms with Gasteiger partial charge in [0.2, 0.25) is 0 Å². The first-order chi connectivity index (χ1) is 7.29. The van der Waals surface area contributed by atoms with Gasteiger partial charge in [0.05, 0.1) is 12.4 Å². The van der Waals surface area contributed by atoms with Gasteiger partial charge in [-0.1, -0.05) is 18.7 Å². The first-order valence-corrected chi connectivity index (χ1v) is 6.36. The lowest BCUT2D eigenvalue weighted by molar-refractivity contribution is -0.115. The highest BCUT2D eigenvalue weighted by molar-refractivity contribution is 8.15. The van der Waals surface area contributed by atoms with Crippen molar-refractivity contribution in [2.24, 2.45) is 4.99 Å². The summed E-state index contributed by atoms with van der Waals surface area (Å²) < 4.78 is 5.64. The van der Waals surface area contributed by atoms with Crippen LogP contribution in [-0.2, 0) is 9.53 Å². The van der Waals surface area contributed by atoms with Gasteiger partial charge in [0.1, 0.15) is 11.1 Å². The zero-order chi connectivity index (χ0) is 10.7. The summed E-state index contributed by atoms with van der Waals surface area (Å²) in [5, 5.41) is 0.876. The number of amides is 1. The van der Waals surface area contributed by atoms with Gasteiger partial charge in [-0.2, -0.15) is 0 Å². The molecule has 2 heterocycles. The Labute approximate surface area is 94.1 Å². The number of morpholine rings is 1. The summed E-state index contributed by atoms with van der Waals surface area (Å²) in [7, 11) is 0. The summed E-state index contributed by atoms with van der Waals surface area (Å²) in [5.74, 6) is 0.467. The van der Waals surface area contributed by atoms with Gasteiger partial charge >= 0.3 is 0 Å². The van der Waals surface area contributed by atoms with Gasteiger partial charge in [-0.05, 0) is 13.0 Å². The van der Waals surface area contributed by atoms with Crippen LogP contribution in [0.4, 0.5) is 0 Å². The highest BCUT2D eigenvalue weighted by atomic mass is 32.2. The van der Waals surface area contributed by atoms with Crippen LogP contribution in [0.2, 0.25) is 0 Å². The van der Waals surface area contributed by atoms with Crippen molar-refractivity contribution in [3.8, 4) is 0 Å². The molecule has 4 nitrogen and oxygen atoms in total. The van der Waals surface area contributed by atoms with Crippen molar-refractivity contribution in [2.75, 3.05) is 32.0 Å². The highest BCUT2D eigenvalue weighted by Gasteiger charge is 2.28. The molecule has 1 unspecified atom stereocenters. The Balaban J connectivity index is 1.92. The van der Waals surface area contributed by atoms with Crippen LogP contribution >= 0.6 is 11.8 Å². The van der Waals surface area contributed by atoms with Crippen molar-refractivity contribution in [1.29, 1.82) is 0 Å². The van der Waals surface area contributed by atoms with E-state index in [-0.39, 0.29) is 12.0 Å². The standard InChI is InChI=1S/C10H16N2O2S/c1-2-3-12-4-5-14-8(6-12)10-11-9(13)7-15-10/h8H,2-7H2,1H3. The minimum atomic E-state index is -0.0220. The van der Waals surface area contributed by atoms with Crippen molar-refractivity contribution < 1.29 is 9.53 Å². The number of carbonyl (C=O) groups is 1.